The normalized spacial score (nSPS) is 10.3. The third-order valence-electron chi connectivity index (χ3n) is 3.99. The lowest BCUT2D eigenvalue weighted by Crippen LogP contribution is -2.22. The highest BCUT2D eigenvalue weighted by atomic mass is 16.2. The molecule has 3 rings (SSSR count). The maximum Gasteiger partial charge on any atom is 0.253 e. The van der Waals surface area contributed by atoms with Crippen LogP contribution in [0.1, 0.15) is 29.3 Å². The molecule has 2 N–H and O–H groups in total. The van der Waals surface area contributed by atoms with E-state index in [-0.39, 0.29) is 11.8 Å². The monoisotopic (exact) mass is 360 g/mol. The van der Waals surface area contributed by atoms with Crippen molar-refractivity contribution in [3.05, 3.63) is 78.2 Å². The number of hydrogen-bond donors (Lipinski definition) is 2. The van der Waals surface area contributed by atoms with Crippen LogP contribution in [-0.4, -0.2) is 21.8 Å². The van der Waals surface area contributed by atoms with Crippen molar-refractivity contribution in [1.29, 1.82) is 0 Å². The van der Waals surface area contributed by atoms with Crippen LogP contribution in [0.5, 0.6) is 0 Å². The van der Waals surface area contributed by atoms with Crippen LogP contribution in [0.25, 0.3) is 11.3 Å². The van der Waals surface area contributed by atoms with Gasteiger partial charge in [-0.15, -0.1) is 0 Å². The number of aromatic nitrogens is 2. The molecule has 27 heavy (non-hydrogen) atoms. The van der Waals surface area contributed by atoms with Crippen molar-refractivity contribution in [3.8, 4) is 11.3 Å². The van der Waals surface area contributed by atoms with Crippen LogP contribution in [0.3, 0.4) is 0 Å². The first-order chi connectivity index (χ1) is 13.2. The van der Waals surface area contributed by atoms with Crippen LogP contribution in [0.2, 0.25) is 0 Å². The van der Waals surface area contributed by atoms with Gasteiger partial charge in [-0.25, -0.2) is 0 Å². The van der Waals surface area contributed by atoms with E-state index < -0.39 is 0 Å². The number of anilines is 1. The summed E-state index contributed by atoms with van der Waals surface area (Å²) in [5, 5.41) is 5.65. The molecule has 0 saturated heterocycles. The predicted octanol–water partition coefficient (Wildman–Crippen LogP) is 3.42. The van der Waals surface area contributed by atoms with Crippen LogP contribution < -0.4 is 10.6 Å². The Morgan fingerprint density at radius 2 is 1.81 bits per heavy atom. The Hall–Kier alpha value is -3.54. The second kappa shape index (κ2) is 8.71. The van der Waals surface area contributed by atoms with Crippen LogP contribution in [0.4, 0.5) is 5.69 Å². The van der Waals surface area contributed by atoms with E-state index in [1.807, 2.05) is 43.3 Å². The number of hydrogen-bond acceptors (Lipinski definition) is 4. The van der Waals surface area contributed by atoms with E-state index in [0.29, 0.717) is 18.5 Å². The maximum atomic E-state index is 12.2. The second-order valence-corrected chi connectivity index (χ2v) is 5.96. The van der Waals surface area contributed by atoms with Gasteiger partial charge < -0.3 is 10.6 Å². The molecule has 0 atom stereocenters. The van der Waals surface area contributed by atoms with Gasteiger partial charge in [-0.1, -0.05) is 25.1 Å². The van der Waals surface area contributed by atoms with Gasteiger partial charge in [-0.05, 0) is 35.9 Å². The summed E-state index contributed by atoms with van der Waals surface area (Å²) in [6.07, 6.45) is 5.40. The molecule has 1 aromatic carbocycles. The Kier molecular flexibility index (Phi) is 5.89. The molecule has 0 aliphatic carbocycles. The van der Waals surface area contributed by atoms with Crippen molar-refractivity contribution in [1.82, 2.24) is 15.3 Å². The molecule has 0 spiro atoms. The fourth-order valence-electron chi connectivity index (χ4n) is 2.46. The van der Waals surface area contributed by atoms with Crippen molar-refractivity contribution in [2.24, 2.45) is 0 Å². The Balaban J connectivity index is 1.62. The molecule has 0 aliphatic rings. The van der Waals surface area contributed by atoms with Crippen LogP contribution in [0, 0.1) is 0 Å². The van der Waals surface area contributed by atoms with E-state index in [1.54, 1.807) is 30.7 Å². The molecule has 0 radical (unpaired) electrons. The minimum Gasteiger partial charge on any atom is -0.348 e. The molecule has 2 amide bonds. The lowest BCUT2D eigenvalue weighted by Gasteiger charge is -2.07. The van der Waals surface area contributed by atoms with Gasteiger partial charge in [0.15, 0.2) is 0 Å². The van der Waals surface area contributed by atoms with Crippen LogP contribution in [-0.2, 0) is 11.3 Å². The van der Waals surface area contributed by atoms with E-state index in [1.165, 1.54) is 0 Å². The van der Waals surface area contributed by atoms with Gasteiger partial charge in [0.2, 0.25) is 5.91 Å². The van der Waals surface area contributed by atoms with Gasteiger partial charge in [0.1, 0.15) is 0 Å². The highest BCUT2D eigenvalue weighted by molar-refractivity contribution is 5.94. The molecule has 0 bridgehead atoms. The first-order valence-corrected chi connectivity index (χ1v) is 8.69. The lowest BCUT2D eigenvalue weighted by molar-refractivity contribution is -0.115. The fourth-order valence-corrected chi connectivity index (χ4v) is 2.46. The SMILES string of the molecule is CCC(=O)Nc1ccc(-c2ccc(C(=O)NCc3cccnc3)cn2)cc1. The number of benzene rings is 1. The lowest BCUT2D eigenvalue weighted by atomic mass is 10.1. The van der Waals surface area contributed by atoms with Crippen molar-refractivity contribution in [2.45, 2.75) is 19.9 Å². The van der Waals surface area contributed by atoms with Crippen molar-refractivity contribution in [2.75, 3.05) is 5.32 Å². The third-order valence-corrected chi connectivity index (χ3v) is 3.99. The van der Waals surface area contributed by atoms with E-state index in [0.717, 1.165) is 22.5 Å². The fraction of sp³-hybridized carbons (Fsp3) is 0.143. The van der Waals surface area contributed by atoms with Gasteiger partial charge in [0.25, 0.3) is 5.91 Å². The molecule has 0 aliphatic heterocycles. The first-order valence-electron chi connectivity index (χ1n) is 8.69. The van der Waals surface area contributed by atoms with Crippen LogP contribution in [0.15, 0.2) is 67.1 Å². The van der Waals surface area contributed by atoms with Crippen molar-refractivity contribution < 1.29 is 9.59 Å². The summed E-state index contributed by atoms with van der Waals surface area (Å²) in [6, 6.07) is 14.7. The Labute approximate surface area is 157 Å². The number of rotatable bonds is 6. The Morgan fingerprint density at radius 1 is 1.00 bits per heavy atom. The number of nitrogens with one attached hydrogen (secondary N) is 2. The predicted molar refractivity (Wildman–Crippen MR) is 104 cm³/mol. The molecule has 6 heteroatoms. The molecule has 0 unspecified atom stereocenters. The Bertz CT molecular complexity index is 907. The molecular weight excluding hydrogens is 340 g/mol. The number of nitrogens with zero attached hydrogens (tertiary/aromatic N) is 2. The molecule has 3 aromatic rings. The number of pyridine rings is 2. The summed E-state index contributed by atoms with van der Waals surface area (Å²) in [5.41, 5.74) is 3.84. The zero-order valence-electron chi connectivity index (χ0n) is 15.0. The number of amides is 2. The molecule has 6 nitrogen and oxygen atoms in total. The van der Waals surface area contributed by atoms with Crippen molar-refractivity contribution >= 4 is 17.5 Å². The third kappa shape index (κ3) is 4.98. The molecule has 136 valence electrons. The average molecular weight is 360 g/mol. The topological polar surface area (TPSA) is 84.0 Å². The van der Waals surface area contributed by atoms with Crippen LogP contribution >= 0.6 is 0 Å². The summed E-state index contributed by atoms with van der Waals surface area (Å²) >= 11 is 0. The highest BCUT2D eigenvalue weighted by Gasteiger charge is 2.07. The molecule has 0 fully saturated rings. The quantitative estimate of drug-likeness (QED) is 0.705. The summed E-state index contributed by atoms with van der Waals surface area (Å²) in [6.45, 7) is 2.22. The smallest absolute Gasteiger partial charge is 0.253 e. The van der Waals surface area contributed by atoms with Crippen molar-refractivity contribution in [3.63, 3.8) is 0 Å². The van der Waals surface area contributed by atoms with Gasteiger partial charge in [-0.3, -0.25) is 19.6 Å². The highest BCUT2D eigenvalue weighted by Crippen LogP contribution is 2.20. The molecular formula is C21H20N4O2. The summed E-state index contributed by atoms with van der Waals surface area (Å²) in [7, 11) is 0. The van der Waals surface area contributed by atoms with E-state index >= 15 is 0 Å². The van der Waals surface area contributed by atoms with Gasteiger partial charge in [-0.2, -0.15) is 0 Å². The first kappa shape index (κ1) is 18.3. The molecule has 2 heterocycles. The minimum absolute atomic E-state index is 0.0254. The maximum absolute atomic E-state index is 12.2. The summed E-state index contributed by atoms with van der Waals surface area (Å²) in [5.74, 6) is -0.210. The van der Waals surface area contributed by atoms with Gasteiger partial charge in [0, 0.05) is 42.8 Å². The van der Waals surface area contributed by atoms with E-state index in [9.17, 15) is 9.59 Å². The van der Waals surface area contributed by atoms with Gasteiger partial charge in [0.05, 0.1) is 11.3 Å². The molecule has 2 aromatic heterocycles. The van der Waals surface area contributed by atoms with E-state index in [2.05, 4.69) is 20.6 Å². The average Bonchev–Trinajstić information content (AvgIpc) is 2.73. The zero-order chi connectivity index (χ0) is 19.1. The summed E-state index contributed by atoms with van der Waals surface area (Å²) < 4.78 is 0. The minimum atomic E-state index is -0.185. The number of carbonyl (C=O) groups is 2. The molecule has 0 saturated carbocycles. The van der Waals surface area contributed by atoms with Gasteiger partial charge >= 0.3 is 0 Å². The number of carbonyl (C=O) groups excluding carboxylic acids is 2. The zero-order valence-corrected chi connectivity index (χ0v) is 15.0. The standard InChI is InChI=1S/C21H20N4O2/c1-2-20(26)25-18-8-5-16(6-9-18)19-10-7-17(14-23-19)21(27)24-13-15-4-3-11-22-12-15/h3-12,14H,2,13H2,1H3,(H,24,27)(H,25,26). The largest absolute Gasteiger partial charge is 0.348 e. The second-order valence-electron chi connectivity index (χ2n) is 5.96. The summed E-state index contributed by atoms with van der Waals surface area (Å²) in [4.78, 5) is 32.0. The Morgan fingerprint density at radius 3 is 2.44 bits per heavy atom. The van der Waals surface area contributed by atoms with E-state index in [4.69, 9.17) is 0 Å².